The van der Waals surface area contributed by atoms with Crippen molar-refractivity contribution >= 4 is 0 Å². The van der Waals surface area contributed by atoms with E-state index < -0.39 is 0 Å². The number of aromatic nitrogens is 3. The molecule has 102 valence electrons. The maximum absolute atomic E-state index is 4.51. The van der Waals surface area contributed by atoms with Crippen LogP contribution in [-0.2, 0) is 13.0 Å². The average molecular weight is 258 g/mol. The third kappa shape index (κ3) is 3.64. The van der Waals surface area contributed by atoms with E-state index in [-0.39, 0.29) is 0 Å². The molecule has 0 amide bonds. The molecule has 4 heteroatoms. The molecule has 0 aromatic carbocycles. The third-order valence-electron chi connectivity index (χ3n) is 2.97. The van der Waals surface area contributed by atoms with Crippen molar-refractivity contribution < 1.29 is 0 Å². The molecule has 0 aliphatic rings. The number of nitrogens with one attached hydrogen (secondary N) is 1. The first-order valence-corrected chi connectivity index (χ1v) is 6.89. The molecule has 0 atom stereocenters. The van der Waals surface area contributed by atoms with Crippen molar-refractivity contribution in [3.8, 4) is 5.82 Å². The number of rotatable bonds is 6. The topological polar surface area (TPSA) is 42.7 Å². The van der Waals surface area contributed by atoms with Gasteiger partial charge in [-0.25, -0.2) is 9.97 Å². The lowest BCUT2D eigenvalue weighted by Crippen LogP contribution is -2.19. The number of aryl methyl sites for hydroxylation is 1. The Labute approximate surface area is 114 Å². The van der Waals surface area contributed by atoms with Gasteiger partial charge in [-0.2, -0.15) is 0 Å². The second-order valence-corrected chi connectivity index (χ2v) is 5.12. The third-order valence-corrected chi connectivity index (χ3v) is 2.97. The molecule has 2 rings (SSSR count). The van der Waals surface area contributed by atoms with Gasteiger partial charge in [0.05, 0.1) is 0 Å². The van der Waals surface area contributed by atoms with Gasteiger partial charge in [-0.05, 0) is 24.1 Å². The summed E-state index contributed by atoms with van der Waals surface area (Å²) in [6.45, 7) is 8.42. The molecule has 2 aromatic heterocycles. The molecule has 0 aliphatic carbocycles. The molecule has 0 aliphatic heterocycles. The monoisotopic (exact) mass is 258 g/mol. The first kappa shape index (κ1) is 13.7. The van der Waals surface area contributed by atoms with Crippen molar-refractivity contribution in [2.45, 2.75) is 33.7 Å². The van der Waals surface area contributed by atoms with E-state index in [9.17, 15) is 0 Å². The standard InChI is InChI=1S/C15H22N4/c1-4-14-17-7-8-19(14)15-6-5-13(11-18-15)10-16-9-12(2)3/h5-8,11-12,16H,4,9-10H2,1-3H3. The largest absolute Gasteiger partial charge is 0.312 e. The summed E-state index contributed by atoms with van der Waals surface area (Å²) in [5.41, 5.74) is 1.21. The van der Waals surface area contributed by atoms with Gasteiger partial charge in [-0.1, -0.05) is 26.8 Å². The molecule has 2 aromatic rings. The van der Waals surface area contributed by atoms with Crippen LogP contribution in [0.5, 0.6) is 0 Å². The number of nitrogens with zero attached hydrogens (tertiary/aromatic N) is 3. The Balaban J connectivity index is 2.02. The summed E-state index contributed by atoms with van der Waals surface area (Å²) in [6, 6.07) is 4.17. The zero-order valence-corrected chi connectivity index (χ0v) is 11.9. The molecule has 0 unspecified atom stereocenters. The van der Waals surface area contributed by atoms with Gasteiger partial charge in [0.1, 0.15) is 11.6 Å². The highest BCUT2D eigenvalue weighted by atomic mass is 15.1. The van der Waals surface area contributed by atoms with Gasteiger partial charge in [-0.15, -0.1) is 0 Å². The Morgan fingerprint density at radius 1 is 1.26 bits per heavy atom. The smallest absolute Gasteiger partial charge is 0.137 e. The number of hydrogen-bond acceptors (Lipinski definition) is 3. The molecule has 0 saturated carbocycles. The Bertz CT molecular complexity index is 499. The van der Waals surface area contributed by atoms with Crippen LogP contribution in [0.3, 0.4) is 0 Å². The predicted molar refractivity (Wildman–Crippen MR) is 77.3 cm³/mol. The van der Waals surface area contributed by atoms with Crippen LogP contribution in [0, 0.1) is 5.92 Å². The second-order valence-electron chi connectivity index (χ2n) is 5.12. The van der Waals surface area contributed by atoms with Crippen molar-refractivity contribution in [2.24, 2.45) is 5.92 Å². The second kappa shape index (κ2) is 6.48. The highest BCUT2D eigenvalue weighted by molar-refractivity contribution is 5.27. The van der Waals surface area contributed by atoms with E-state index in [0.717, 1.165) is 31.2 Å². The fourth-order valence-corrected chi connectivity index (χ4v) is 1.97. The molecule has 4 nitrogen and oxygen atoms in total. The van der Waals surface area contributed by atoms with E-state index in [1.807, 2.05) is 29.2 Å². The van der Waals surface area contributed by atoms with Gasteiger partial charge < -0.3 is 5.32 Å². The van der Waals surface area contributed by atoms with Gasteiger partial charge >= 0.3 is 0 Å². The molecular weight excluding hydrogens is 236 g/mol. The van der Waals surface area contributed by atoms with Crippen molar-refractivity contribution in [3.05, 3.63) is 42.1 Å². The SMILES string of the molecule is CCc1nccn1-c1ccc(CNCC(C)C)cn1. The van der Waals surface area contributed by atoms with Crippen LogP contribution in [0.15, 0.2) is 30.7 Å². The van der Waals surface area contributed by atoms with E-state index in [1.165, 1.54) is 5.56 Å². The Hall–Kier alpha value is -1.68. The van der Waals surface area contributed by atoms with Crippen molar-refractivity contribution in [1.82, 2.24) is 19.9 Å². The zero-order chi connectivity index (χ0) is 13.7. The molecule has 0 bridgehead atoms. The van der Waals surface area contributed by atoms with Crippen LogP contribution in [0.2, 0.25) is 0 Å². The molecule has 1 N–H and O–H groups in total. The van der Waals surface area contributed by atoms with Gasteiger partial charge in [0.15, 0.2) is 0 Å². The fraction of sp³-hybridized carbons (Fsp3) is 0.467. The van der Waals surface area contributed by atoms with Crippen molar-refractivity contribution in [2.75, 3.05) is 6.54 Å². The summed E-state index contributed by atoms with van der Waals surface area (Å²) in [6.07, 6.45) is 6.62. The van der Waals surface area contributed by atoms with E-state index in [2.05, 4.69) is 42.1 Å². The normalized spacial score (nSPS) is 11.2. The van der Waals surface area contributed by atoms with Gasteiger partial charge in [0, 0.05) is 31.6 Å². The lowest BCUT2D eigenvalue weighted by molar-refractivity contribution is 0.552. The van der Waals surface area contributed by atoms with Crippen LogP contribution >= 0.6 is 0 Å². The van der Waals surface area contributed by atoms with Crippen LogP contribution in [0.1, 0.15) is 32.2 Å². The summed E-state index contributed by atoms with van der Waals surface area (Å²) < 4.78 is 2.03. The van der Waals surface area contributed by atoms with Crippen LogP contribution in [0.4, 0.5) is 0 Å². The lowest BCUT2D eigenvalue weighted by Gasteiger charge is -2.09. The molecule has 19 heavy (non-hydrogen) atoms. The molecule has 2 heterocycles. The molecular formula is C15H22N4. The minimum Gasteiger partial charge on any atom is -0.312 e. The van der Waals surface area contributed by atoms with E-state index in [1.54, 1.807) is 0 Å². The summed E-state index contributed by atoms with van der Waals surface area (Å²) in [4.78, 5) is 8.82. The quantitative estimate of drug-likeness (QED) is 0.866. The predicted octanol–water partition coefficient (Wildman–Crippen LogP) is 2.58. The number of imidazole rings is 1. The van der Waals surface area contributed by atoms with Crippen LogP contribution in [0.25, 0.3) is 5.82 Å². The zero-order valence-electron chi connectivity index (χ0n) is 11.9. The Morgan fingerprint density at radius 3 is 2.74 bits per heavy atom. The lowest BCUT2D eigenvalue weighted by atomic mass is 10.2. The van der Waals surface area contributed by atoms with Crippen molar-refractivity contribution in [1.29, 1.82) is 0 Å². The first-order valence-electron chi connectivity index (χ1n) is 6.89. The summed E-state index contributed by atoms with van der Waals surface area (Å²) in [5, 5.41) is 3.42. The summed E-state index contributed by atoms with van der Waals surface area (Å²) in [7, 11) is 0. The van der Waals surface area contributed by atoms with Crippen molar-refractivity contribution in [3.63, 3.8) is 0 Å². The summed E-state index contributed by atoms with van der Waals surface area (Å²) in [5.74, 6) is 2.64. The molecule has 0 radical (unpaired) electrons. The number of pyridine rings is 1. The maximum atomic E-state index is 4.51. The van der Waals surface area contributed by atoms with E-state index >= 15 is 0 Å². The van der Waals surface area contributed by atoms with Gasteiger partial charge in [0.2, 0.25) is 0 Å². The Kier molecular flexibility index (Phi) is 4.68. The van der Waals surface area contributed by atoms with E-state index in [4.69, 9.17) is 0 Å². The molecule has 0 spiro atoms. The molecule has 0 fully saturated rings. The number of hydrogen-bond donors (Lipinski definition) is 1. The first-order chi connectivity index (χ1) is 9.20. The minimum atomic E-state index is 0.672. The highest BCUT2D eigenvalue weighted by Crippen LogP contribution is 2.09. The van der Waals surface area contributed by atoms with Gasteiger partial charge in [-0.3, -0.25) is 4.57 Å². The average Bonchev–Trinajstić information content (AvgIpc) is 2.87. The highest BCUT2D eigenvalue weighted by Gasteiger charge is 2.04. The molecule has 0 saturated heterocycles. The van der Waals surface area contributed by atoms with Crippen LogP contribution in [-0.4, -0.2) is 21.1 Å². The maximum Gasteiger partial charge on any atom is 0.137 e. The summed E-state index contributed by atoms with van der Waals surface area (Å²) >= 11 is 0. The van der Waals surface area contributed by atoms with E-state index in [0.29, 0.717) is 5.92 Å². The Morgan fingerprint density at radius 2 is 2.11 bits per heavy atom. The van der Waals surface area contributed by atoms with Gasteiger partial charge in [0.25, 0.3) is 0 Å². The minimum absolute atomic E-state index is 0.672. The fourth-order valence-electron chi connectivity index (χ4n) is 1.97. The van der Waals surface area contributed by atoms with Crippen LogP contribution < -0.4 is 5.32 Å².